The Morgan fingerprint density at radius 3 is 2.31 bits per heavy atom. The van der Waals surface area contributed by atoms with Crippen LogP contribution in [0.4, 0.5) is 0 Å². The number of hydrogen-bond donors (Lipinski definition) is 0. The molecule has 1 aromatic heterocycles. The summed E-state index contributed by atoms with van der Waals surface area (Å²) in [5.74, 6) is 1.37. The summed E-state index contributed by atoms with van der Waals surface area (Å²) in [6.07, 6.45) is 2.48. The second-order valence-electron chi connectivity index (χ2n) is 8.44. The van der Waals surface area contributed by atoms with Crippen LogP contribution in [-0.4, -0.2) is 55.4 Å². The minimum absolute atomic E-state index is 0.109. The Labute approximate surface area is 194 Å². The van der Waals surface area contributed by atoms with Crippen molar-refractivity contribution < 1.29 is 4.79 Å². The maximum Gasteiger partial charge on any atom is 0.233 e. The molecule has 0 atom stereocenters. The maximum absolute atomic E-state index is 13.1. The molecule has 0 N–H and O–H groups in total. The number of benzene rings is 2. The van der Waals surface area contributed by atoms with Gasteiger partial charge in [0.15, 0.2) is 11.0 Å². The highest BCUT2D eigenvalue weighted by atomic mass is 32.2. The van der Waals surface area contributed by atoms with E-state index in [0.717, 1.165) is 41.9 Å². The number of amides is 1. The topological polar surface area (TPSA) is 54.3 Å². The minimum Gasteiger partial charge on any atom is -0.335 e. The van der Waals surface area contributed by atoms with Gasteiger partial charge in [-0.05, 0) is 57.5 Å². The summed E-state index contributed by atoms with van der Waals surface area (Å²) in [6, 6.07) is 20.5. The zero-order chi connectivity index (χ0) is 22.3. The molecule has 2 heterocycles. The van der Waals surface area contributed by atoms with Crippen molar-refractivity contribution in [3.63, 3.8) is 0 Å². The van der Waals surface area contributed by atoms with Gasteiger partial charge in [-0.15, -0.1) is 10.2 Å². The number of rotatable bonds is 9. The van der Waals surface area contributed by atoms with Gasteiger partial charge in [-0.2, -0.15) is 0 Å². The predicted octanol–water partition coefficient (Wildman–Crippen LogP) is 4.39. The van der Waals surface area contributed by atoms with Crippen molar-refractivity contribution in [2.24, 2.45) is 0 Å². The fraction of sp³-hybridized carbons (Fsp3) is 0.400. The standard InChI is InChI=1S/C25H31N5OS/c1-20(2)29(17-21-11-5-3-6-12-21)24(31)19-32-25-27-26-23(18-28-15-9-10-16-28)30(25)22-13-7-4-8-14-22/h3-8,11-14,20H,9-10,15-19H2,1-2H3. The lowest BCUT2D eigenvalue weighted by molar-refractivity contribution is -0.130. The molecule has 0 aliphatic carbocycles. The minimum atomic E-state index is 0.109. The molecule has 32 heavy (non-hydrogen) atoms. The Hall–Kier alpha value is -2.64. The van der Waals surface area contributed by atoms with E-state index in [1.807, 2.05) is 41.3 Å². The number of likely N-dealkylation sites (tertiary alicyclic amines) is 1. The van der Waals surface area contributed by atoms with Crippen molar-refractivity contribution in [1.82, 2.24) is 24.6 Å². The van der Waals surface area contributed by atoms with E-state index in [1.165, 1.54) is 24.6 Å². The molecule has 2 aromatic carbocycles. The van der Waals surface area contributed by atoms with Crippen LogP contribution in [0.25, 0.3) is 5.69 Å². The molecular weight excluding hydrogens is 418 g/mol. The summed E-state index contributed by atoms with van der Waals surface area (Å²) >= 11 is 1.46. The van der Waals surface area contributed by atoms with Gasteiger partial charge in [0.1, 0.15) is 0 Å². The largest absolute Gasteiger partial charge is 0.335 e. The second kappa shape index (κ2) is 10.8. The lowest BCUT2D eigenvalue weighted by atomic mass is 10.2. The zero-order valence-electron chi connectivity index (χ0n) is 18.9. The first kappa shape index (κ1) is 22.6. The van der Waals surface area contributed by atoms with Crippen LogP contribution in [0.3, 0.4) is 0 Å². The van der Waals surface area contributed by atoms with Crippen LogP contribution >= 0.6 is 11.8 Å². The van der Waals surface area contributed by atoms with Crippen LogP contribution in [0.1, 0.15) is 38.1 Å². The SMILES string of the molecule is CC(C)N(Cc1ccccc1)C(=O)CSc1nnc(CN2CCCC2)n1-c1ccccc1. The van der Waals surface area contributed by atoms with Crippen molar-refractivity contribution in [2.75, 3.05) is 18.8 Å². The molecule has 4 rings (SSSR count). The van der Waals surface area contributed by atoms with Gasteiger partial charge in [-0.1, -0.05) is 60.3 Å². The van der Waals surface area contributed by atoms with Gasteiger partial charge >= 0.3 is 0 Å². The summed E-state index contributed by atoms with van der Waals surface area (Å²) in [5.41, 5.74) is 2.17. The molecule has 1 aliphatic heterocycles. The molecule has 7 heteroatoms. The Bertz CT molecular complexity index is 1000. The molecule has 0 bridgehead atoms. The quantitative estimate of drug-likeness (QED) is 0.454. The number of aromatic nitrogens is 3. The van der Waals surface area contributed by atoms with Gasteiger partial charge in [-0.25, -0.2) is 0 Å². The van der Waals surface area contributed by atoms with E-state index in [4.69, 9.17) is 0 Å². The molecule has 1 amide bonds. The zero-order valence-corrected chi connectivity index (χ0v) is 19.7. The van der Waals surface area contributed by atoms with E-state index in [9.17, 15) is 4.79 Å². The number of thioether (sulfide) groups is 1. The first-order chi connectivity index (χ1) is 15.6. The molecule has 6 nitrogen and oxygen atoms in total. The first-order valence-corrected chi connectivity index (χ1v) is 12.3. The number of carbonyl (C=O) groups excluding carboxylic acids is 1. The van der Waals surface area contributed by atoms with Crippen LogP contribution in [0.15, 0.2) is 65.8 Å². The van der Waals surface area contributed by atoms with E-state index < -0.39 is 0 Å². The van der Waals surface area contributed by atoms with Crippen LogP contribution in [0.2, 0.25) is 0 Å². The van der Waals surface area contributed by atoms with Crippen LogP contribution in [-0.2, 0) is 17.9 Å². The summed E-state index contributed by atoms with van der Waals surface area (Å²) in [7, 11) is 0. The van der Waals surface area contributed by atoms with Gasteiger partial charge in [0.05, 0.1) is 12.3 Å². The summed E-state index contributed by atoms with van der Waals surface area (Å²) in [4.78, 5) is 17.5. The second-order valence-corrected chi connectivity index (χ2v) is 9.39. The molecule has 0 unspecified atom stereocenters. The molecule has 1 saturated heterocycles. The summed E-state index contributed by atoms with van der Waals surface area (Å²) in [6.45, 7) is 7.72. The van der Waals surface area contributed by atoms with Gasteiger partial charge in [-0.3, -0.25) is 14.3 Å². The Balaban J connectivity index is 1.50. The average Bonchev–Trinajstić information content (AvgIpc) is 3.47. The van der Waals surface area contributed by atoms with E-state index in [0.29, 0.717) is 12.3 Å². The normalized spacial score (nSPS) is 14.2. The first-order valence-electron chi connectivity index (χ1n) is 11.3. The summed E-state index contributed by atoms with van der Waals surface area (Å²) in [5, 5.41) is 9.75. The predicted molar refractivity (Wildman–Crippen MR) is 129 cm³/mol. The Kier molecular flexibility index (Phi) is 7.60. The Morgan fingerprint density at radius 1 is 1.00 bits per heavy atom. The maximum atomic E-state index is 13.1. The van der Waals surface area contributed by atoms with Crippen LogP contribution < -0.4 is 0 Å². The Morgan fingerprint density at radius 2 is 1.66 bits per heavy atom. The van der Waals surface area contributed by atoms with Crippen LogP contribution in [0, 0.1) is 0 Å². The summed E-state index contributed by atoms with van der Waals surface area (Å²) < 4.78 is 2.10. The van der Waals surface area contributed by atoms with Gasteiger partial charge < -0.3 is 4.90 Å². The highest BCUT2D eigenvalue weighted by Crippen LogP contribution is 2.24. The smallest absolute Gasteiger partial charge is 0.233 e. The lowest BCUT2D eigenvalue weighted by Gasteiger charge is -2.27. The fourth-order valence-electron chi connectivity index (χ4n) is 4.02. The highest BCUT2D eigenvalue weighted by molar-refractivity contribution is 7.99. The third kappa shape index (κ3) is 5.58. The third-order valence-electron chi connectivity index (χ3n) is 5.74. The van der Waals surface area contributed by atoms with Gasteiger partial charge in [0.2, 0.25) is 5.91 Å². The number of hydrogen-bond acceptors (Lipinski definition) is 5. The number of carbonyl (C=O) groups is 1. The molecule has 3 aromatic rings. The molecule has 1 aliphatic rings. The third-order valence-corrected chi connectivity index (χ3v) is 6.66. The molecule has 1 fully saturated rings. The fourth-order valence-corrected chi connectivity index (χ4v) is 4.88. The number of para-hydroxylation sites is 1. The highest BCUT2D eigenvalue weighted by Gasteiger charge is 2.22. The van der Waals surface area contributed by atoms with Gasteiger partial charge in [0, 0.05) is 18.3 Å². The van der Waals surface area contributed by atoms with Gasteiger partial charge in [0.25, 0.3) is 0 Å². The van der Waals surface area contributed by atoms with Crippen LogP contribution in [0.5, 0.6) is 0 Å². The van der Waals surface area contributed by atoms with E-state index in [2.05, 4.69) is 57.8 Å². The molecular formula is C25H31N5OS. The van der Waals surface area contributed by atoms with E-state index >= 15 is 0 Å². The lowest BCUT2D eigenvalue weighted by Crippen LogP contribution is -2.37. The van der Waals surface area contributed by atoms with Crippen molar-refractivity contribution in [3.05, 3.63) is 72.1 Å². The molecule has 0 saturated carbocycles. The van der Waals surface area contributed by atoms with Crippen molar-refractivity contribution >= 4 is 17.7 Å². The average molecular weight is 450 g/mol. The number of nitrogens with zero attached hydrogens (tertiary/aromatic N) is 5. The van der Waals surface area contributed by atoms with Crippen molar-refractivity contribution in [3.8, 4) is 5.69 Å². The molecule has 168 valence electrons. The van der Waals surface area contributed by atoms with Crippen molar-refractivity contribution in [1.29, 1.82) is 0 Å². The monoisotopic (exact) mass is 449 g/mol. The molecule has 0 radical (unpaired) electrons. The van der Waals surface area contributed by atoms with Crippen molar-refractivity contribution in [2.45, 2.75) is 51.0 Å². The van der Waals surface area contributed by atoms with E-state index in [-0.39, 0.29) is 11.9 Å². The molecule has 0 spiro atoms. The van der Waals surface area contributed by atoms with E-state index in [1.54, 1.807) is 0 Å².